The molecule has 88 valence electrons. The van der Waals surface area contributed by atoms with E-state index in [1.54, 1.807) is 30.3 Å². The first kappa shape index (κ1) is 12.8. The average Bonchev–Trinajstić information content (AvgIpc) is 2.27. The predicted octanol–water partition coefficient (Wildman–Crippen LogP) is 5.55. The van der Waals surface area contributed by atoms with Gasteiger partial charge >= 0.3 is 0 Å². The molecule has 0 aromatic heterocycles. The van der Waals surface area contributed by atoms with E-state index in [2.05, 4.69) is 0 Å². The second-order valence-corrected chi connectivity index (χ2v) is 5.08. The minimum atomic E-state index is 0.383. The van der Waals surface area contributed by atoms with Crippen LogP contribution in [0.5, 0.6) is 0 Å². The molecule has 0 aliphatic rings. The van der Waals surface area contributed by atoms with Gasteiger partial charge in [-0.3, -0.25) is 0 Å². The van der Waals surface area contributed by atoms with Crippen molar-refractivity contribution < 1.29 is 0 Å². The number of hydrogen-bond donors (Lipinski definition) is 1. The van der Waals surface area contributed by atoms with Crippen LogP contribution in [0.1, 0.15) is 0 Å². The smallest absolute Gasteiger partial charge is 0.0686 e. The zero-order valence-corrected chi connectivity index (χ0v) is 11.5. The summed E-state index contributed by atoms with van der Waals surface area (Å²) in [4.78, 5) is 0. The molecule has 0 saturated heterocycles. The van der Waals surface area contributed by atoms with Gasteiger partial charge in [-0.1, -0.05) is 52.5 Å². The molecular formula is C12H7Cl4N. The first-order valence-electron chi connectivity index (χ1n) is 4.69. The third-order valence-corrected chi connectivity index (χ3v) is 3.68. The SMILES string of the molecule is Nc1cc(Cl)ccc1-c1c(Cl)ccc(Cl)c1Cl. The van der Waals surface area contributed by atoms with Gasteiger partial charge in [-0.2, -0.15) is 0 Å². The van der Waals surface area contributed by atoms with Crippen LogP contribution in [0.3, 0.4) is 0 Å². The fourth-order valence-electron chi connectivity index (χ4n) is 1.54. The fourth-order valence-corrected chi connectivity index (χ4v) is 2.45. The van der Waals surface area contributed by atoms with Crippen molar-refractivity contribution >= 4 is 52.1 Å². The molecule has 0 atom stereocenters. The third-order valence-electron chi connectivity index (χ3n) is 2.33. The minimum absolute atomic E-state index is 0.383. The second kappa shape index (κ2) is 4.95. The lowest BCUT2D eigenvalue weighted by molar-refractivity contribution is 1.60. The number of anilines is 1. The topological polar surface area (TPSA) is 26.0 Å². The van der Waals surface area contributed by atoms with Gasteiger partial charge in [0, 0.05) is 21.8 Å². The first-order chi connectivity index (χ1) is 8.00. The molecular weight excluding hydrogens is 300 g/mol. The molecule has 0 aliphatic carbocycles. The van der Waals surface area contributed by atoms with E-state index in [9.17, 15) is 0 Å². The van der Waals surface area contributed by atoms with E-state index in [0.717, 1.165) is 0 Å². The Morgan fingerprint density at radius 2 is 1.47 bits per heavy atom. The van der Waals surface area contributed by atoms with E-state index in [4.69, 9.17) is 52.1 Å². The molecule has 0 unspecified atom stereocenters. The Labute approximate surface area is 119 Å². The molecule has 0 aliphatic heterocycles. The number of halogens is 4. The van der Waals surface area contributed by atoms with E-state index in [-0.39, 0.29) is 0 Å². The van der Waals surface area contributed by atoms with E-state index in [0.29, 0.717) is 36.9 Å². The van der Waals surface area contributed by atoms with Crippen molar-refractivity contribution in [2.75, 3.05) is 5.73 Å². The lowest BCUT2D eigenvalue weighted by Crippen LogP contribution is -1.91. The third kappa shape index (κ3) is 2.48. The van der Waals surface area contributed by atoms with Crippen LogP contribution in [-0.4, -0.2) is 0 Å². The van der Waals surface area contributed by atoms with Gasteiger partial charge in [-0.05, 0) is 24.3 Å². The number of rotatable bonds is 1. The molecule has 17 heavy (non-hydrogen) atoms. The van der Waals surface area contributed by atoms with Gasteiger partial charge in [0.15, 0.2) is 0 Å². The summed E-state index contributed by atoms with van der Waals surface area (Å²) in [6, 6.07) is 8.45. The van der Waals surface area contributed by atoms with E-state index in [1.807, 2.05) is 0 Å². The standard InChI is InChI=1S/C12H7Cl4N/c13-6-1-2-7(10(17)5-6)11-8(14)3-4-9(15)12(11)16/h1-5H,17H2. The van der Waals surface area contributed by atoms with Gasteiger partial charge in [0.1, 0.15) is 0 Å². The minimum Gasteiger partial charge on any atom is -0.398 e. The molecule has 0 radical (unpaired) electrons. The molecule has 2 N–H and O–H groups in total. The lowest BCUT2D eigenvalue weighted by Gasteiger charge is -2.11. The van der Waals surface area contributed by atoms with E-state index >= 15 is 0 Å². The normalized spacial score (nSPS) is 10.6. The Kier molecular flexibility index (Phi) is 3.74. The van der Waals surface area contributed by atoms with Crippen LogP contribution < -0.4 is 5.73 Å². The van der Waals surface area contributed by atoms with Crippen LogP contribution in [0.25, 0.3) is 11.1 Å². The maximum atomic E-state index is 6.14. The number of hydrogen-bond acceptors (Lipinski definition) is 1. The maximum Gasteiger partial charge on any atom is 0.0686 e. The summed E-state index contributed by atoms with van der Waals surface area (Å²) in [7, 11) is 0. The van der Waals surface area contributed by atoms with Gasteiger partial charge in [-0.15, -0.1) is 0 Å². The van der Waals surface area contributed by atoms with Crippen LogP contribution in [0.15, 0.2) is 30.3 Å². The van der Waals surface area contributed by atoms with Crippen LogP contribution in [0, 0.1) is 0 Å². The lowest BCUT2D eigenvalue weighted by atomic mass is 10.0. The molecule has 0 bridgehead atoms. The summed E-state index contributed by atoms with van der Waals surface area (Å²) >= 11 is 24.1. The summed E-state index contributed by atoms with van der Waals surface area (Å²) in [6.45, 7) is 0. The van der Waals surface area contributed by atoms with Crippen LogP contribution >= 0.6 is 46.4 Å². The molecule has 0 fully saturated rings. The van der Waals surface area contributed by atoms with Crippen molar-refractivity contribution in [2.24, 2.45) is 0 Å². The van der Waals surface area contributed by atoms with Gasteiger partial charge in [0.25, 0.3) is 0 Å². The Morgan fingerprint density at radius 1 is 0.824 bits per heavy atom. The molecule has 0 saturated carbocycles. The number of nitrogens with two attached hydrogens (primary N) is 1. The zero-order valence-electron chi connectivity index (χ0n) is 8.48. The monoisotopic (exact) mass is 305 g/mol. The molecule has 0 spiro atoms. The Morgan fingerprint density at radius 3 is 2.12 bits per heavy atom. The quantitative estimate of drug-likeness (QED) is 0.542. The van der Waals surface area contributed by atoms with Crippen molar-refractivity contribution in [3.05, 3.63) is 50.4 Å². The Balaban J connectivity index is 2.72. The highest BCUT2D eigenvalue weighted by Gasteiger charge is 2.14. The summed E-state index contributed by atoms with van der Waals surface area (Å²) in [5, 5.41) is 1.86. The summed E-state index contributed by atoms with van der Waals surface area (Å²) in [5.41, 5.74) is 7.73. The van der Waals surface area contributed by atoms with Crippen molar-refractivity contribution in [3.8, 4) is 11.1 Å². The maximum absolute atomic E-state index is 6.14. The van der Waals surface area contributed by atoms with E-state index < -0.39 is 0 Å². The highest BCUT2D eigenvalue weighted by molar-refractivity contribution is 6.46. The van der Waals surface area contributed by atoms with Gasteiger partial charge in [0.05, 0.1) is 15.1 Å². The summed E-state index contributed by atoms with van der Waals surface area (Å²) < 4.78 is 0. The van der Waals surface area contributed by atoms with Crippen LogP contribution in [0.2, 0.25) is 20.1 Å². The molecule has 0 heterocycles. The average molecular weight is 307 g/mol. The molecule has 0 amide bonds. The molecule has 2 aromatic carbocycles. The predicted molar refractivity (Wildman–Crippen MR) is 76.3 cm³/mol. The largest absolute Gasteiger partial charge is 0.398 e. The highest BCUT2D eigenvalue weighted by Crippen LogP contribution is 2.41. The van der Waals surface area contributed by atoms with Crippen molar-refractivity contribution in [1.29, 1.82) is 0 Å². The number of benzene rings is 2. The van der Waals surface area contributed by atoms with Gasteiger partial charge in [-0.25, -0.2) is 0 Å². The fraction of sp³-hybridized carbons (Fsp3) is 0. The summed E-state index contributed by atoms with van der Waals surface area (Å²) in [6.07, 6.45) is 0. The Hall–Kier alpha value is -0.600. The van der Waals surface area contributed by atoms with Crippen molar-refractivity contribution in [1.82, 2.24) is 0 Å². The van der Waals surface area contributed by atoms with Crippen molar-refractivity contribution in [3.63, 3.8) is 0 Å². The van der Waals surface area contributed by atoms with E-state index in [1.165, 1.54) is 0 Å². The van der Waals surface area contributed by atoms with Crippen LogP contribution in [0.4, 0.5) is 5.69 Å². The first-order valence-corrected chi connectivity index (χ1v) is 6.21. The zero-order chi connectivity index (χ0) is 12.6. The molecule has 5 heteroatoms. The van der Waals surface area contributed by atoms with Crippen molar-refractivity contribution in [2.45, 2.75) is 0 Å². The van der Waals surface area contributed by atoms with Gasteiger partial charge < -0.3 is 5.73 Å². The summed E-state index contributed by atoms with van der Waals surface area (Å²) in [5.74, 6) is 0. The van der Waals surface area contributed by atoms with Gasteiger partial charge in [0.2, 0.25) is 0 Å². The Bertz CT molecular complexity index is 581. The molecule has 2 rings (SSSR count). The highest BCUT2D eigenvalue weighted by atomic mass is 35.5. The second-order valence-electron chi connectivity index (χ2n) is 3.45. The molecule has 1 nitrogen and oxygen atoms in total. The van der Waals surface area contributed by atoms with Crippen LogP contribution in [-0.2, 0) is 0 Å². The molecule has 2 aromatic rings. The number of nitrogen functional groups attached to an aromatic ring is 1.